The number of nitrogens with zero attached hydrogens (tertiary/aromatic N) is 2. The number of hydrogen-bond donors (Lipinski definition) is 2. The molecule has 0 atom stereocenters. The second-order valence-corrected chi connectivity index (χ2v) is 2.94. The van der Waals surface area contributed by atoms with Crippen molar-refractivity contribution in [1.82, 2.24) is 9.97 Å². The van der Waals surface area contributed by atoms with Gasteiger partial charge in [-0.15, -0.1) is 0 Å². The van der Waals surface area contributed by atoms with Crippen LogP contribution < -0.4 is 11.5 Å². The minimum absolute atomic E-state index is 0.288. The molecule has 0 radical (unpaired) electrons. The smallest absolute Gasteiger partial charge is 0.220 e. The first kappa shape index (κ1) is 7.79. The van der Waals surface area contributed by atoms with Crippen molar-refractivity contribution >= 4 is 22.5 Å². The minimum atomic E-state index is 0.288. The number of benzene rings is 1. The maximum Gasteiger partial charge on any atom is 0.220 e. The van der Waals surface area contributed by atoms with Crippen molar-refractivity contribution in [1.29, 1.82) is 0 Å². The standard InChI is InChI=1S/C9H10N4/c1-5-7-3-2-6(10)4-8(7)13-9(11)12-5/h2-4H,10H2,1H3,(H2,11,12,13). The molecular formula is C9H10N4. The molecule has 0 saturated carbocycles. The Hall–Kier alpha value is -1.84. The van der Waals surface area contributed by atoms with Gasteiger partial charge in [-0.05, 0) is 25.1 Å². The maximum atomic E-state index is 5.62. The van der Waals surface area contributed by atoms with Crippen LogP contribution in [0.15, 0.2) is 18.2 Å². The summed E-state index contributed by atoms with van der Waals surface area (Å²) in [6.07, 6.45) is 0. The molecular weight excluding hydrogens is 164 g/mol. The van der Waals surface area contributed by atoms with Crippen LogP contribution in [0.5, 0.6) is 0 Å². The van der Waals surface area contributed by atoms with E-state index in [0.717, 1.165) is 16.6 Å². The highest BCUT2D eigenvalue weighted by Gasteiger charge is 2.01. The highest BCUT2D eigenvalue weighted by Crippen LogP contribution is 2.18. The Bertz CT molecular complexity index is 459. The lowest BCUT2D eigenvalue weighted by molar-refractivity contribution is 1.17. The van der Waals surface area contributed by atoms with Crippen molar-refractivity contribution in [2.75, 3.05) is 11.5 Å². The zero-order valence-electron chi connectivity index (χ0n) is 7.28. The highest BCUT2D eigenvalue weighted by molar-refractivity contribution is 5.84. The Balaban J connectivity index is 2.86. The monoisotopic (exact) mass is 174 g/mol. The molecule has 66 valence electrons. The zero-order chi connectivity index (χ0) is 9.42. The number of aromatic nitrogens is 2. The SMILES string of the molecule is Cc1nc(N)nc2cc(N)ccc12. The van der Waals surface area contributed by atoms with Gasteiger partial charge < -0.3 is 11.5 Å². The topological polar surface area (TPSA) is 77.8 Å². The first-order chi connectivity index (χ1) is 6.16. The van der Waals surface area contributed by atoms with E-state index in [1.165, 1.54) is 0 Å². The van der Waals surface area contributed by atoms with E-state index in [9.17, 15) is 0 Å². The van der Waals surface area contributed by atoms with E-state index in [-0.39, 0.29) is 5.95 Å². The molecule has 0 aliphatic carbocycles. The number of aryl methyl sites for hydroxylation is 1. The van der Waals surface area contributed by atoms with E-state index < -0.39 is 0 Å². The van der Waals surface area contributed by atoms with Gasteiger partial charge in [-0.1, -0.05) is 0 Å². The number of nitrogen functional groups attached to an aromatic ring is 2. The minimum Gasteiger partial charge on any atom is -0.399 e. The second-order valence-electron chi connectivity index (χ2n) is 2.94. The van der Waals surface area contributed by atoms with Crippen LogP contribution in [0.3, 0.4) is 0 Å². The fourth-order valence-corrected chi connectivity index (χ4v) is 1.33. The summed E-state index contributed by atoms with van der Waals surface area (Å²) < 4.78 is 0. The van der Waals surface area contributed by atoms with E-state index in [2.05, 4.69) is 9.97 Å². The molecule has 1 aromatic heterocycles. The van der Waals surface area contributed by atoms with Gasteiger partial charge in [-0.3, -0.25) is 0 Å². The third kappa shape index (κ3) is 1.26. The molecule has 1 aromatic carbocycles. The van der Waals surface area contributed by atoms with Gasteiger partial charge in [0, 0.05) is 11.1 Å². The summed E-state index contributed by atoms with van der Waals surface area (Å²) in [4.78, 5) is 8.14. The van der Waals surface area contributed by atoms with Crippen LogP contribution in [0.4, 0.5) is 11.6 Å². The Morgan fingerprint density at radius 3 is 2.69 bits per heavy atom. The van der Waals surface area contributed by atoms with Gasteiger partial charge in [-0.2, -0.15) is 0 Å². The van der Waals surface area contributed by atoms with Gasteiger partial charge in [0.05, 0.1) is 11.2 Å². The van der Waals surface area contributed by atoms with Crippen LogP contribution in [0, 0.1) is 6.92 Å². The summed E-state index contributed by atoms with van der Waals surface area (Å²) in [6.45, 7) is 1.90. The third-order valence-electron chi connectivity index (χ3n) is 1.93. The molecule has 2 aromatic rings. The Kier molecular flexibility index (Phi) is 1.55. The number of nitrogens with two attached hydrogens (primary N) is 2. The summed E-state index contributed by atoms with van der Waals surface area (Å²) in [7, 11) is 0. The van der Waals surface area contributed by atoms with Crippen molar-refractivity contribution < 1.29 is 0 Å². The third-order valence-corrected chi connectivity index (χ3v) is 1.93. The fourth-order valence-electron chi connectivity index (χ4n) is 1.33. The van der Waals surface area contributed by atoms with Crippen molar-refractivity contribution in [2.24, 2.45) is 0 Å². The zero-order valence-corrected chi connectivity index (χ0v) is 7.28. The normalized spacial score (nSPS) is 10.5. The van der Waals surface area contributed by atoms with Crippen LogP contribution in [0.2, 0.25) is 0 Å². The second kappa shape index (κ2) is 2.58. The molecule has 2 rings (SSSR count). The van der Waals surface area contributed by atoms with E-state index in [1.807, 2.05) is 19.1 Å². The molecule has 0 spiro atoms. The molecule has 0 unspecified atom stereocenters. The molecule has 0 saturated heterocycles. The van der Waals surface area contributed by atoms with Crippen molar-refractivity contribution in [2.45, 2.75) is 6.92 Å². The van der Waals surface area contributed by atoms with Crippen LogP contribution in [-0.4, -0.2) is 9.97 Å². The molecule has 4 heteroatoms. The lowest BCUT2D eigenvalue weighted by atomic mass is 10.2. The van der Waals surface area contributed by atoms with Gasteiger partial charge in [-0.25, -0.2) is 9.97 Å². The Labute approximate surface area is 75.6 Å². The summed E-state index contributed by atoms with van der Waals surface area (Å²) in [5, 5.41) is 0.989. The molecule has 13 heavy (non-hydrogen) atoms. The van der Waals surface area contributed by atoms with E-state index >= 15 is 0 Å². The summed E-state index contributed by atoms with van der Waals surface area (Å²) in [6, 6.07) is 5.52. The lowest BCUT2D eigenvalue weighted by Crippen LogP contribution is -1.98. The molecule has 1 heterocycles. The Morgan fingerprint density at radius 1 is 1.15 bits per heavy atom. The molecule has 0 bridgehead atoms. The average molecular weight is 174 g/mol. The van der Waals surface area contributed by atoms with Crippen LogP contribution in [0.1, 0.15) is 5.69 Å². The number of fused-ring (bicyclic) bond motifs is 1. The summed E-state index contributed by atoms with van der Waals surface area (Å²) >= 11 is 0. The van der Waals surface area contributed by atoms with E-state index in [1.54, 1.807) is 6.07 Å². The van der Waals surface area contributed by atoms with Crippen LogP contribution in [0.25, 0.3) is 10.9 Å². The summed E-state index contributed by atoms with van der Waals surface area (Å²) in [5.74, 6) is 0.288. The van der Waals surface area contributed by atoms with Gasteiger partial charge in [0.1, 0.15) is 0 Å². The number of anilines is 2. The first-order valence-electron chi connectivity index (χ1n) is 3.96. The summed E-state index contributed by atoms with van der Waals surface area (Å²) in [5.41, 5.74) is 13.5. The first-order valence-corrected chi connectivity index (χ1v) is 3.96. The largest absolute Gasteiger partial charge is 0.399 e. The predicted molar refractivity (Wildman–Crippen MR) is 53.1 cm³/mol. The molecule has 4 N–H and O–H groups in total. The van der Waals surface area contributed by atoms with Crippen molar-refractivity contribution in [3.05, 3.63) is 23.9 Å². The number of rotatable bonds is 0. The Morgan fingerprint density at radius 2 is 1.92 bits per heavy atom. The van der Waals surface area contributed by atoms with Gasteiger partial charge in [0.25, 0.3) is 0 Å². The van der Waals surface area contributed by atoms with Gasteiger partial charge in [0.15, 0.2) is 0 Å². The average Bonchev–Trinajstić information content (AvgIpc) is 2.02. The molecule has 0 aliphatic heterocycles. The van der Waals surface area contributed by atoms with Gasteiger partial charge in [0.2, 0.25) is 5.95 Å². The lowest BCUT2D eigenvalue weighted by Gasteiger charge is -2.02. The number of hydrogen-bond acceptors (Lipinski definition) is 4. The highest BCUT2D eigenvalue weighted by atomic mass is 15.0. The molecule has 0 aliphatic rings. The van der Waals surface area contributed by atoms with E-state index in [0.29, 0.717) is 5.69 Å². The molecule has 4 nitrogen and oxygen atoms in total. The van der Waals surface area contributed by atoms with Gasteiger partial charge >= 0.3 is 0 Å². The van der Waals surface area contributed by atoms with Crippen LogP contribution >= 0.6 is 0 Å². The predicted octanol–water partition coefficient (Wildman–Crippen LogP) is 1.10. The van der Waals surface area contributed by atoms with Crippen LogP contribution in [-0.2, 0) is 0 Å². The van der Waals surface area contributed by atoms with E-state index in [4.69, 9.17) is 11.5 Å². The fraction of sp³-hybridized carbons (Fsp3) is 0.111. The molecule has 0 amide bonds. The quantitative estimate of drug-likeness (QED) is 0.586. The maximum absolute atomic E-state index is 5.62. The van der Waals surface area contributed by atoms with Crippen molar-refractivity contribution in [3.8, 4) is 0 Å². The molecule has 0 fully saturated rings. The van der Waals surface area contributed by atoms with Crippen molar-refractivity contribution in [3.63, 3.8) is 0 Å².